The first-order valence-corrected chi connectivity index (χ1v) is 9.84. The summed E-state index contributed by atoms with van der Waals surface area (Å²) < 4.78 is 3.13. The van der Waals surface area contributed by atoms with Crippen molar-refractivity contribution in [1.82, 2.24) is 19.2 Å². The predicted molar refractivity (Wildman–Crippen MR) is 118 cm³/mol. The van der Waals surface area contributed by atoms with E-state index in [1.54, 1.807) is 4.52 Å². The molecular weight excluding hydrogens is 386 g/mol. The molecule has 2 heterocycles. The topological polar surface area (TPSA) is 76.0 Å². The molecule has 0 radical (unpaired) electrons. The van der Waals surface area contributed by atoms with E-state index in [1.807, 2.05) is 91.0 Å². The molecule has 6 heteroatoms. The van der Waals surface area contributed by atoms with E-state index in [4.69, 9.17) is 10.1 Å². The average molecular weight is 403 g/mol. The van der Waals surface area contributed by atoms with Gasteiger partial charge in [0.05, 0.1) is 12.2 Å². The van der Waals surface area contributed by atoms with Gasteiger partial charge >= 0.3 is 0 Å². The second-order valence-corrected chi connectivity index (χ2v) is 7.09. The Labute approximate surface area is 178 Å². The molecule has 0 fully saturated rings. The molecule has 0 atom stereocenters. The number of aromatic nitrogens is 4. The minimum absolute atomic E-state index is 0.0409. The molecule has 5 aromatic rings. The van der Waals surface area contributed by atoms with Gasteiger partial charge in [-0.2, -0.15) is 14.8 Å². The Morgan fingerprint density at radius 3 is 2.00 bits per heavy atom. The zero-order chi connectivity index (χ0) is 21.2. The number of hydrogen-bond donors (Lipinski definition) is 0. The largest absolute Gasteiger partial charge is 0.273 e. The summed E-state index contributed by atoms with van der Waals surface area (Å²) in [5.41, 5.74) is 2.61. The third-order valence-corrected chi connectivity index (χ3v) is 5.11. The van der Waals surface area contributed by atoms with Crippen LogP contribution in [0.1, 0.15) is 11.1 Å². The lowest BCUT2D eigenvalue weighted by Crippen LogP contribution is -2.27. The monoisotopic (exact) mass is 403 g/mol. The molecule has 0 bridgehead atoms. The molecule has 0 unspecified atom stereocenters. The number of fused-ring (bicyclic) bond motifs is 1. The summed E-state index contributed by atoms with van der Waals surface area (Å²) in [6, 6.07) is 30.7. The third-order valence-electron chi connectivity index (χ3n) is 5.11. The molecule has 0 saturated carbocycles. The normalized spacial score (nSPS) is 10.8. The van der Waals surface area contributed by atoms with Crippen molar-refractivity contribution >= 4 is 5.78 Å². The van der Waals surface area contributed by atoms with Gasteiger partial charge in [0, 0.05) is 11.1 Å². The Hall–Kier alpha value is -4.50. The first kappa shape index (κ1) is 18.5. The van der Waals surface area contributed by atoms with Gasteiger partial charge in [0.15, 0.2) is 5.82 Å². The van der Waals surface area contributed by atoms with Crippen LogP contribution in [0.15, 0.2) is 95.8 Å². The molecule has 148 valence electrons. The maximum absolute atomic E-state index is 13.4. The van der Waals surface area contributed by atoms with Crippen LogP contribution in [0, 0.1) is 11.3 Å². The molecule has 5 rings (SSSR count). The molecule has 0 N–H and O–H groups in total. The van der Waals surface area contributed by atoms with Crippen LogP contribution in [-0.2, 0) is 6.54 Å². The molecule has 0 saturated heterocycles. The van der Waals surface area contributed by atoms with E-state index in [9.17, 15) is 10.1 Å². The van der Waals surface area contributed by atoms with Crippen LogP contribution >= 0.6 is 0 Å². The number of nitriles is 1. The van der Waals surface area contributed by atoms with Crippen molar-refractivity contribution in [2.75, 3.05) is 0 Å². The van der Waals surface area contributed by atoms with Crippen LogP contribution in [0.5, 0.6) is 0 Å². The number of benzene rings is 3. The minimum atomic E-state index is -0.385. The molecule has 0 spiro atoms. The molecule has 0 amide bonds. The Morgan fingerprint density at radius 1 is 0.806 bits per heavy atom. The van der Waals surface area contributed by atoms with Crippen LogP contribution in [0.4, 0.5) is 0 Å². The van der Waals surface area contributed by atoms with Crippen LogP contribution < -0.4 is 5.56 Å². The lowest BCUT2D eigenvalue weighted by molar-refractivity contribution is 0.741. The fourth-order valence-electron chi connectivity index (χ4n) is 3.64. The van der Waals surface area contributed by atoms with E-state index in [0.717, 1.165) is 16.7 Å². The molecule has 0 aliphatic carbocycles. The van der Waals surface area contributed by atoms with Crippen LogP contribution in [0.2, 0.25) is 0 Å². The second-order valence-electron chi connectivity index (χ2n) is 7.09. The van der Waals surface area contributed by atoms with Crippen LogP contribution in [-0.4, -0.2) is 19.2 Å². The van der Waals surface area contributed by atoms with Crippen molar-refractivity contribution in [2.45, 2.75) is 6.54 Å². The van der Waals surface area contributed by atoms with Gasteiger partial charge in [-0.05, 0) is 5.56 Å². The van der Waals surface area contributed by atoms with Crippen molar-refractivity contribution in [2.24, 2.45) is 0 Å². The van der Waals surface area contributed by atoms with Crippen LogP contribution in [0.25, 0.3) is 28.4 Å². The van der Waals surface area contributed by atoms with E-state index < -0.39 is 0 Å². The predicted octanol–water partition coefficient (Wildman–Crippen LogP) is 4.14. The Kier molecular flexibility index (Phi) is 4.62. The Balaban J connectivity index is 1.85. The summed E-state index contributed by atoms with van der Waals surface area (Å²) in [7, 11) is 0. The van der Waals surface area contributed by atoms with Crippen molar-refractivity contribution in [3.63, 3.8) is 0 Å². The van der Waals surface area contributed by atoms with Gasteiger partial charge in [0.25, 0.3) is 5.56 Å². The van der Waals surface area contributed by atoms with Crippen LogP contribution in [0.3, 0.4) is 0 Å². The Morgan fingerprint density at radius 2 is 1.39 bits per heavy atom. The van der Waals surface area contributed by atoms with Crippen molar-refractivity contribution in [3.05, 3.63) is 112 Å². The zero-order valence-electron chi connectivity index (χ0n) is 16.5. The van der Waals surface area contributed by atoms with Crippen molar-refractivity contribution < 1.29 is 0 Å². The highest BCUT2D eigenvalue weighted by atomic mass is 16.1. The van der Waals surface area contributed by atoms with Gasteiger partial charge in [-0.1, -0.05) is 91.0 Å². The smallest absolute Gasteiger partial charge is 0.271 e. The highest BCUT2D eigenvalue weighted by Crippen LogP contribution is 2.24. The van der Waals surface area contributed by atoms with E-state index in [1.165, 1.54) is 4.57 Å². The summed E-state index contributed by atoms with van der Waals surface area (Å²) in [5.74, 6) is 0.889. The number of hydrogen-bond acceptors (Lipinski definition) is 4. The summed E-state index contributed by atoms with van der Waals surface area (Å²) in [4.78, 5) is 18.1. The van der Waals surface area contributed by atoms with E-state index in [2.05, 4.69) is 6.07 Å². The highest BCUT2D eigenvalue weighted by Gasteiger charge is 2.22. The number of rotatable bonds is 4. The molecule has 3 aromatic carbocycles. The first-order chi connectivity index (χ1) is 15.3. The third kappa shape index (κ3) is 3.28. The summed E-state index contributed by atoms with van der Waals surface area (Å²) in [5, 5.41) is 14.6. The van der Waals surface area contributed by atoms with Gasteiger partial charge in [-0.15, -0.1) is 5.10 Å². The van der Waals surface area contributed by atoms with Crippen molar-refractivity contribution in [1.29, 1.82) is 5.26 Å². The van der Waals surface area contributed by atoms with Gasteiger partial charge in [-0.25, -0.2) is 0 Å². The molecular formula is C25H17N5O. The molecule has 0 aliphatic heterocycles. The van der Waals surface area contributed by atoms with Gasteiger partial charge < -0.3 is 0 Å². The molecule has 31 heavy (non-hydrogen) atoms. The lowest BCUT2D eigenvalue weighted by atomic mass is 10.1. The molecule has 0 aliphatic rings. The van der Waals surface area contributed by atoms with E-state index in [0.29, 0.717) is 23.8 Å². The lowest BCUT2D eigenvalue weighted by Gasteiger charge is -2.12. The Bertz CT molecular complexity index is 1460. The quantitative estimate of drug-likeness (QED) is 0.452. The fraction of sp³-hybridized carbons (Fsp3) is 0.0400. The maximum Gasteiger partial charge on any atom is 0.273 e. The zero-order valence-corrected chi connectivity index (χ0v) is 16.5. The fourth-order valence-corrected chi connectivity index (χ4v) is 3.64. The molecule has 6 nitrogen and oxygen atoms in total. The van der Waals surface area contributed by atoms with Gasteiger partial charge in [0.1, 0.15) is 11.6 Å². The number of nitrogens with zero attached hydrogens (tertiary/aromatic N) is 5. The molecule has 2 aromatic heterocycles. The highest BCUT2D eigenvalue weighted by molar-refractivity contribution is 5.69. The second kappa shape index (κ2) is 7.73. The van der Waals surface area contributed by atoms with Gasteiger partial charge in [0.2, 0.25) is 5.78 Å². The summed E-state index contributed by atoms with van der Waals surface area (Å²) in [6.45, 7) is 0.292. The van der Waals surface area contributed by atoms with Gasteiger partial charge in [-0.3, -0.25) is 9.36 Å². The summed E-state index contributed by atoms with van der Waals surface area (Å²) in [6.07, 6.45) is 0. The van der Waals surface area contributed by atoms with E-state index >= 15 is 0 Å². The maximum atomic E-state index is 13.4. The standard InChI is InChI=1S/C25H17N5O/c26-16-21-22(19-12-6-2-7-13-19)30-25(27-23(28-30)20-14-8-3-9-15-20)29(24(21)31)17-18-10-4-1-5-11-18/h1-15H,17H2. The SMILES string of the molecule is N#Cc1c(-c2ccccc2)n2nc(-c3ccccc3)nc2n(Cc2ccccc2)c1=O. The van der Waals surface area contributed by atoms with Crippen molar-refractivity contribution in [3.8, 4) is 28.7 Å². The first-order valence-electron chi connectivity index (χ1n) is 9.84. The summed E-state index contributed by atoms with van der Waals surface area (Å²) >= 11 is 0. The average Bonchev–Trinajstić information content (AvgIpc) is 3.27. The van der Waals surface area contributed by atoms with E-state index in [-0.39, 0.29) is 11.1 Å². The minimum Gasteiger partial charge on any atom is -0.271 e.